The van der Waals surface area contributed by atoms with Gasteiger partial charge in [-0.05, 0) is 31.4 Å². The second-order valence-corrected chi connectivity index (χ2v) is 8.33. The van der Waals surface area contributed by atoms with Crippen molar-refractivity contribution in [3.63, 3.8) is 0 Å². The molecule has 1 amide bonds. The van der Waals surface area contributed by atoms with Crippen molar-refractivity contribution in [2.24, 2.45) is 7.05 Å². The molecule has 6 nitrogen and oxygen atoms in total. The predicted octanol–water partition coefficient (Wildman–Crippen LogP) is 4.96. The smallest absolute Gasteiger partial charge is 0.256 e. The molecule has 0 saturated carbocycles. The van der Waals surface area contributed by atoms with Gasteiger partial charge in [-0.25, -0.2) is 0 Å². The second-order valence-electron chi connectivity index (χ2n) is 8.33. The number of hydrogen-bond acceptors (Lipinski definition) is 4. The fourth-order valence-electron chi connectivity index (χ4n) is 5.08. The Labute approximate surface area is 187 Å². The topological polar surface area (TPSA) is 63.9 Å². The summed E-state index contributed by atoms with van der Waals surface area (Å²) >= 11 is 0. The first-order chi connectivity index (χ1) is 15.6. The summed E-state index contributed by atoms with van der Waals surface area (Å²) < 4.78 is 1.98. The molecule has 0 saturated heterocycles. The molecule has 0 spiro atoms. The summed E-state index contributed by atoms with van der Waals surface area (Å²) in [5, 5.41) is 4.93. The van der Waals surface area contributed by atoms with Crippen molar-refractivity contribution in [2.75, 3.05) is 0 Å². The van der Waals surface area contributed by atoms with Gasteiger partial charge in [0.05, 0.1) is 28.5 Å². The van der Waals surface area contributed by atoms with Crippen molar-refractivity contribution in [1.29, 1.82) is 0 Å². The SMILES string of the molecule is CCC1Cc2c(nn(C)c2-c2ccccc2)C(CC)N1C(=O)c1cccc2nccnc12. The van der Waals surface area contributed by atoms with E-state index in [0.717, 1.165) is 41.7 Å². The quantitative estimate of drug-likeness (QED) is 0.464. The van der Waals surface area contributed by atoms with Crippen LogP contribution in [0.5, 0.6) is 0 Å². The lowest BCUT2D eigenvalue weighted by molar-refractivity contribution is 0.0515. The summed E-state index contributed by atoms with van der Waals surface area (Å²) in [6.45, 7) is 4.29. The fourth-order valence-corrected chi connectivity index (χ4v) is 5.08. The van der Waals surface area contributed by atoms with Crippen molar-refractivity contribution >= 4 is 16.9 Å². The molecule has 6 heteroatoms. The average molecular weight is 426 g/mol. The molecule has 32 heavy (non-hydrogen) atoms. The highest BCUT2D eigenvalue weighted by atomic mass is 16.2. The van der Waals surface area contributed by atoms with Crippen molar-refractivity contribution in [2.45, 2.75) is 45.2 Å². The molecule has 1 aliphatic heterocycles. The number of aromatic nitrogens is 4. The molecule has 0 fully saturated rings. The maximum Gasteiger partial charge on any atom is 0.256 e. The summed E-state index contributed by atoms with van der Waals surface area (Å²) in [4.78, 5) is 24.9. The zero-order chi connectivity index (χ0) is 22.2. The normalized spacial score (nSPS) is 18.0. The van der Waals surface area contributed by atoms with Gasteiger partial charge in [0.25, 0.3) is 5.91 Å². The van der Waals surface area contributed by atoms with Gasteiger partial charge in [0.1, 0.15) is 5.52 Å². The molecule has 0 radical (unpaired) electrons. The molecular weight excluding hydrogens is 398 g/mol. The summed E-state index contributed by atoms with van der Waals surface area (Å²) in [5.74, 6) is 0.00682. The Morgan fingerprint density at radius 2 is 1.78 bits per heavy atom. The number of carbonyl (C=O) groups is 1. The summed E-state index contributed by atoms with van der Waals surface area (Å²) in [6, 6.07) is 16.1. The van der Waals surface area contributed by atoms with Crippen molar-refractivity contribution < 1.29 is 4.79 Å². The Morgan fingerprint density at radius 3 is 2.53 bits per heavy atom. The lowest BCUT2D eigenvalue weighted by atomic mass is 9.87. The van der Waals surface area contributed by atoms with E-state index in [4.69, 9.17) is 5.10 Å². The van der Waals surface area contributed by atoms with Gasteiger partial charge in [-0.15, -0.1) is 0 Å². The maximum absolute atomic E-state index is 13.9. The first-order valence-electron chi connectivity index (χ1n) is 11.3. The van der Waals surface area contributed by atoms with Gasteiger partial charge in [-0.2, -0.15) is 5.10 Å². The van der Waals surface area contributed by atoms with Crippen LogP contribution in [-0.4, -0.2) is 36.6 Å². The Hall–Kier alpha value is -3.54. The van der Waals surface area contributed by atoms with Crippen LogP contribution < -0.4 is 0 Å². The predicted molar refractivity (Wildman–Crippen MR) is 125 cm³/mol. The monoisotopic (exact) mass is 425 g/mol. The van der Waals surface area contributed by atoms with Gasteiger partial charge in [-0.3, -0.25) is 19.4 Å². The van der Waals surface area contributed by atoms with Gasteiger partial charge < -0.3 is 4.90 Å². The third-order valence-corrected chi connectivity index (χ3v) is 6.53. The molecule has 162 valence electrons. The second kappa shape index (κ2) is 8.19. The molecule has 4 aromatic rings. The number of carbonyl (C=O) groups excluding carboxylic acids is 1. The number of amides is 1. The zero-order valence-electron chi connectivity index (χ0n) is 18.7. The van der Waals surface area contributed by atoms with Gasteiger partial charge >= 0.3 is 0 Å². The number of rotatable bonds is 4. The third-order valence-electron chi connectivity index (χ3n) is 6.53. The van der Waals surface area contributed by atoms with Gasteiger partial charge in [-0.1, -0.05) is 50.2 Å². The highest BCUT2D eigenvalue weighted by molar-refractivity contribution is 6.05. The molecule has 3 heterocycles. The Kier molecular flexibility index (Phi) is 5.21. The van der Waals surface area contributed by atoms with Crippen LogP contribution in [0.3, 0.4) is 0 Å². The zero-order valence-corrected chi connectivity index (χ0v) is 18.7. The Morgan fingerprint density at radius 1 is 1.00 bits per heavy atom. The third kappa shape index (κ3) is 3.18. The average Bonchev–Trinajstić information content (AvgIpc) is 3.17. The number of hydrogen-bond donors (Lipinski definition) is 0. The lowest BCUT2D eigenvalue weighted by Gasteiger charge is -2.41. The van der Waals surface area contributed by atoms with E-state index in [0.29, 0.717) is 11.1 Å². The minimum atomic E-state index is -0.0770. The number of aryl methyl sites for hydroxylation is 1. The Balaban J connectivity index is 1.63. The van der Waals surface area contributed by atoms with Crippen LogP contribution in [0.15, 0.2) is 60.9 Å². The van der Waals surface area contributed by atoms with Crippen molar-refractivity contribution in [3.8, 4) is 11.3 Å². The van der Waals surface area contributed by atoms with Gasteiger partial charge in [0.15, 0.2) is 0 Å². The molecule has 2 atom stereocenters. The molecule has 5 rings (SSSR count). The summed E-state index contributed by atoms with van der Waals surface area (Å²) in [5.41, 5.74) is 6.59. The highest BCUT2D eigenvalue weighted by Gasteiger charge is 2.40. The van der Waals surface area contributed by atoms with E-state index in [-0.39, 0.29) is 18.0 Å². The van der Waals surface area contributed by atoms with E-state index in [1.54, 1.807) is 12.4 Å². The lowest BCUT2D eigenvalue weighted by Crippen LogP contribution is -2.47. The molecule has 0 aliphatic carbocycles. The van der Waals surface area contributed by atoms with Crippen LogP contribution in [0, 0.1) is 0 Å². The van der Waals surface area contributed by atoms with E-state index in [9.17, 15) is 4.79 Å². The largest absolute Gasteiger partial charge is 0.327 e. The highest BCUT2D eigenvalue weighted by Crippen LogP contribution is 2.41. The van der Waals surface area contributed by atoms with Gasteiger partial charge in [0.2, 0.25) is 0 Å². The first kappa shape index (κ1) is 20.4. The number of nitrogens with zero attached hydrogens (tertiary/aromatic N) is 5. The number of fused-ring (bicyclic) bond motifs is 2. The molecule has 2 aromatic heterocycles. The van der Waals surface area contributed by atoms with Crippen LogP contribution in [0.4, 0.5) is 0 Å². The van der Waals surface area contributed by atoms with Crippen LogP contribution in [0.25, 0.3) is 22.3 Å². The molecular formula is C26H27N5O. The number of benzene rings is 2. The standard InChI is InChI=1S/C26H27N5O/c1-4-18-16-20-24(29-30(3)25(20)17-10-7-6-8-11-17)22(5-2)31(18)26(32)19-12-9-13-21-23(19)28-15-14-27-21/h6-15,18,22H,4-5,16H2,1-3H3. The Bertz CT molecular complexity index is 1270. The van der Waals surface area contributed by atoms with Crippen LogP contribution in [0.1, 0.15) is 54.3 Å². The summed E-state index contributed by atoms with van der Waals surface area (Å²) in [7, 11) is 2.00. The van der Waals surface area contributed by atoms with Crippen LogP contribution in [0.2, 0.25) is 0 Å². The van der Waals surface area contributed by atoms with E-state index >= 15 is 0 Å². The van der Waals surface area contributed by atoms with E-state index in [2.05, 4.69) is 48.1 Å². The molecule has 2 aromatic carbocycles. The molecule has 0 N–H and O–H groups in total. The fraction of sp³-hybridized carbons (Fsp3) is 0.308. The summed E-state index contributed by atoms with van der Waals surface area (Å²) in [6.07, 6.45) is 5.78. The minimum absolute atomic E-state index is 0.00682. The van der Waals surface area contributed by atoms with Gasteiger partial charge in [0, 0.05) is 36.6 Å². The molecule has 1 aliphatic rings. The number of para-hydroxylation sites is 1. The minimum Gasteiger partial charge on any atom is -0.327 e. The first-order valence-corrected chi connectivity index (χ1v) is 11.3. The van der Waals surface area contributed by atoms with E-state index in [1.165, 1.54) is 5.56 Å². The molecule has 2 unspecified atom stereocenters. The van der Waals surface area contributed by atoms with Crippen LogP contribution in [-0.2, 0) is 13.5 Å². The van der Waals surface area contributed by atoms with Crippen LogP contribution >= 0.6 is 0 Å². The van der Waals surface area contributed by atoms with E-state index in [1.807, 2.05) is 40.9 Å². The maximum atomic E-state index is 13.9. The van der Waals surface area contributed by atoms with E-state index < -0.39 is 0 Å². The van der Waals surface area contributed by atoms with Crippen molar-refractivity contribution in [1.82, 2.24) is 24.6 Å². The van der Waals surface area contributed by atoms with Crippen molar-refractivity contribution in [3.05, 3.63) is 77.7 Å². The molecule has 0 bridgehead atoms.